The first kappa shape index (κ1) is 18.4. The van der Waals surface area contributed by atoms with E-state index in [1.54, 1.807) is 7.11 Å². The number of methoxy groups -OCH3 is 1. The average Bonchev–Trinajstić information content (AvgIpc) is 2.39. The zero-order valence-electron chi connectivity index (χ0n) is 12.2. The molecule has 0 radical (unpaired) electrons. The maximum Gasteiger partial charge on any atom is 0.332 e. The minimum atomic E-state index is -0.882. The number of rotatable bonds is 14. The van der Waals surface area contributed by atoms with Crippen LogP contribution in [0.4, 0.5) is 0 Å². The summed E-state index contributed by atoms with van der Waals surface area (Å²) in [6.07, 6.45) is 5.43. The largest absolute Gasteiger partial charge is 0.479 e. The fourth-order valence-electron chi connectivity index (χ4n) is 1.71. The molecule has 0 rings (SSSR count). The van der Waals surface area contributed by atoms with Crippen LogP contribution in [-0.2, 0) is 19.0 Å². The molecule has 0 aliphatic rings. The Bertz CT molecular complexity index is 208. The van der Waals surface area contributed by atoms with Crippen LogP contribution in [0.5, 0.6) is 0 Å². The van der Waals surface area contributed by atoms with Crippen molar-refractivity contribution in [3.05, 3.63) is 0 Å². The number of carbonyl (C=O) groups is 1. The molecular formula is C14H28O5. The highest BCUT2D eigenvalue weighted by Crippen LogP contribution is 2.09. The molecule has 0 spiro atoms. The van der Waals surface area contributed by atoms with E-state index in [1.165, 1.54) is 19.3 Å². The van der Waals surface area contributed by atoms with Crippen LogP contribution in [0.15, 0.2) is 0 Å². The van der Waals surface area contributed by atoms with Crippen molar-refractivity contribution >= 4 is 5.97 Å². The van der Waals surface area contributed by atoms with Crippen LogP contribution in [0.1, 0.15) is 45.4 Å². The molecule has 114 valence electrons. The second-order valence-corrected chi connectivity index (χ2v) is 4.51. The first-order valence-corrected chi connectivity index (χ1v) is 7.13. The summed E-state index contributed by atoms with van der Waals surface area (Å²) in [5.74, 6) is -0.882. The third kappa shape index (κ3) is 12.1. The third-order valence-electron chi connectivity index (χ3n) is 2.82. The number of ether oxygens (including phenoxy) is 3. The van der Waals surface area contributed by atoms with Crippen LogP contribution in [-0.4, -0.2) is 50.7 Å². The highest BCUT2D eigenvalue weighted by Gasteiger charge is 2.17. The van der Waals surface area contributed by atoms with Crippen LogP contribution >= 0.6 is 0 Å². The smallest absolute Gasteiger partial charge is 0.332 e. The van der Waals surface area contributed by atoms with Crippen molar-refractivity contribution in [3.8, 4) is 0 Å². The van der Waals surface area contributed by atoms with Crippen molar-refractivity contribution in [2.24, 2.45) is 0 Å². The molecule has 19 heavy (non-hydrogen) atoms. The highest BCUT2D eigenvalue weighted by molar-refractivity contribution is 5.72. The van der Waals surface area contributed by atoms with Crippen molar-refractivity contribution in [1.82, 2.24) is 0 Å². The van der Waals surface area contributed by atoms with Crippen molar-refractivity contribution in [2.75, 3.05) is 33.5 Å². The van der Waals surface area contributed by atoms with E-state index in [4.69, 9.17) is 19.3 Å². The fraction of sp³-hybridized carbons (Fsp3) is 0.929. The summed E-state index contributed by atoms with van der Waals surface area (Å²) in [5.41, 5.74) is 0. The van der Waals surface area contributed by atoms with Crippen molar-refractivity contribution < 1.29 is 24.1 Å². The monoisotopic (exact) mass is 276 g/mol. The Kier molecular flexibility index (Phi) is 13.3. The Morgan fingerprint density at radius 3 is 2.37 bits per heavy atom. The average molecular weight is 276 g/mol. The normalized spacial score (nSPS) is 12.5. The van der Waals surface area contributed by atoms with Gasteiger partial charge in [0.2, 0.25) is 0 Å². The summed E-state index contributed by atoms with van der Waals surface area (Å²) in [4.78, 5) is 11.0. The molecule has 5 heteroatoms. The van der Waals surface area contributed by atoms with E-state index in [-0.39, 0.29) is 0 Å². The highest BCUT2D eigenvalue weighted by atomic mass is 16.6. The number of carboxylic acid groups (broad SMARTS) is 1. The predicted octanol–water partition coefficient (Wildman–Crippen LogP) is 2.48. The molecule has 1 atom stereocenters. The second-order valence-electron chi connectivity index (χ2n) is 4.51. The summed E-state index contributed by atoms with van der Waals surface area (Å²) in [6, 6.07) is 0. The topological polar surface area (TPSA) is 65.0 Å². The van der Waals surface area contributed by atoms with Gasteiger partial charge in [0.1, 0.15) is 0 Å². The molecule has 0 amide bonds. The standard InChI is InChI=1S/C14H28O5/c1-3-4-5-6-7-8-13(14(15)16)19-12-11-18-10-9-17-2/h13H,3-12H2,1-2H3,(H,15,16). The lowest BCUT2D eigenvalue weighted by Gasteiger charge is -2.13. The van der Waals surface area contributed by atoms with Crippen LogP contribution in [0.3, 0.4) is 0 Å². The van der Waals surface area contributed by atoms with Gasteiger partial charge < -0.3 is 19.3 Å². The van der Waals surface area contributed by atoms with Crippen LogP contribution < -0.4 is 0 Å². The lowest BCUT2D eigenvalue weighted by molar-refractivity contribution is -0.152. The van der Waals surface area contributed by atoms with Crippen molar-refractivity contribution in [2.45, 2.75) is 51.6 Å². The van der Waals surface area contributed by atoms with Crippen molar-refractivity contribution in [3.63, 3.8) is 0 Å². The molecule has 0 fully saturated rings. The van der Waals surface area contributed by atoms with Crippen LogP contribution in [0, 0.1) is 0 Å². The van der Waals surface area contributed by atoms with Gasteiger partial charge in [0, 0.05) is 7.11 Å². The predicted molar refractivity (Wildman–Crippen MR) is 73.4 cm³/mol. The molecule has 0 aromatic carbocycles. The molecule has 0 aliphatic heterocycles. The third-order valence-corrected chi connectivity index (χ3v) is 2.82. The quantitative estimate of drug-likeness (QED) is 0.494. The fourth-order valence-corrected chi connectivity index (χ4v) is 1.71. The Labute approximate surface area is 116 Å². The zero-order valence-corrected chi connectivity index (χ0v) is 12.2. The van der Waals surface area contributed by atoms with E-state index in [1.807, 2.05) is 0 Å². The zero-order chi connectivity index (χ0) is 14.3. The number of carboxylic acids is 1. The van der Waals surface area contributed by atoms with E-state index in [0.29, 0.717) is 32.8 Å². The van der Waals surface area contributed by atoms with Gasteiger partial charge >= 0.3 is 5.97 Å². The van der Waals surface area contributed by atoms with E-state index < -0.39 is 12.1 Å². The molecule has 0 saturated carbocycles. The summed E-state index contributed by atoms with van der Waals surface area (Å²) >= 11 is 0. The molecule has 5 nitrogen and oxygen atoms in total. The number of aliphatic carboxylic acids is 1. The first-order valence-electron chi connectivity index (χ1n) is 7.13. The summed E-state index contributed by atoms with van der Waals surface area (Å²) in [5, 5.41) is 9.03. The number of hydrogen-bond donors (Lipinski definition) is 1. The van der Waals surface area contributed by atoms with E-state index in [0.717, 1.165) is 12.8 Å². The molecule has 0 aliphatic carbocycles. The van der Waals surface area contributed by atoms with Gasteiger partial charge in [0.15, 0.2) is 6.10 Å². The van der Waals surface area contributed by atoms with E-state index >= 15 is 0 Å². The Balaban J connectivity index is 3.54. The molecule has 0 saturated heterocycles. The molecule has 1 unspecified atom stereocenters. The molecular weight excluding hydrogens is 248 g/mol. The van der Waals surface area contributed by atoms with Crippen LogP contribution in [0.25, 0.3) is 0 Å². The minimum Gasteiger partial charge on any atom is -0.479 e. The second kappa shape index (κ2) is 13.8. The molecule has 0 bridgehead atoms. The van der Waals surface area contributed by atoms with Gasteiger partial charge in [-0.25, -0.2) is 4.79 Å². The van der Waals surface area contributed by atoms with Gasteiger partial charge in [-0.05, 0) is 6.42 Å². The van der Waals surface area contributed by atoms with Gasteiger partial charge in [-0.1, -0.05) is 39.0 Å². The Morgan fingerprint density at radius 1 is 1.05 bits per heavy atom. The maximum atomic E-state index is 11.0. The van der Waals surface area contributed by atoms with E-state index in [2.05, 4.69) is 6.92 Å². The van der Waals surface area contributed by atoms with Gasteiger partial charge in [0.25, 0.3) is 0 Å². The molecule has 0 aromatic rings. The maximum absolute atomic E-state index is 11.0. The number of unbranched alkanes of at least 4 members (excludes halogenated alkanes) is 4. The lowest BCUT2D eigenvalue weighted by atomic mass is 10.1. The molecule has 1 N–H and O–H groups in total. The molecule has 0 heterocycles. The van der Waals surface area contributed by atoms with Gasteiger partial charge in [0.05, 0.1) is 26.4 Å². The van der Waals surface area contributed by atoms with Gasteiger partial charge in [-0.15, -0.1) is 0 Å². The number of hydrogen-bond acceptors (Lipinski definition) is 4. The van der Waals surface area contributed by atoms with Crippen molar-refractivity contribution in [1.29, 1.82) is 0 Å². The summed E-state index contributed by atoms with van der Waals surface area (Å²) in [6.45, 7) is 3.93. The first-order chi connectivity index (χ1) is 9.22. The minimum absolute atomic E-state index is 0.315. The van der Waals surface area contributed by atoms with Gasteiger partial charge in [-0.2, -0.15) is 0 Å². The lowest BCUT2D eigenvalue weighted by Crippen LogP contribution is -2.25. The summed E-state index contributed by atoms with van der Waals surface area (Å²) in [7, 11) is 1.61. The Hall–Kier alpha value is -0.650. The Morgan fingerprint density at radius 2 is 1.74 bits per heavy atom. The van der Waals surface area contributed by atoms with E-state index in [9.17, 15) is 4.79 Å². The van der Waals surface area contributed by atoms with Gasteiger partial charge in [-0.3, -0.25) is 0 Å². The SMILES string of the molecule is CCCCCCCC(OCCOCCOC)C(=O)O. The van der Waals surface area contributed by atoms with Crippen LogP contribution in [0.2, 0.25) is 0 Å². The summed E-state index contributed by atoms with van der Waals surface area (Å²) < 4.78 is 15.4. The molecule has 0 aromatic heterocycles.